The number of furan rings is 1. The van der Waals surface area contributed by atoms with Crippen molar-refractivity contribution < 1.29 is 9.52 Å². The maximum atomic E-state index is 10.7. The van der Waals surface area contributed by atoms with Crippen LogP contribution in [-0.4, -0.2) is 21.8 Å². The summed E-state index contributed by atoms with van der Waals surface area (Å²) >= 11 is 0. The van der Waals surface area contributed by atoms with E-state index in [0.717, 1.165) is 47.7 Å². The van der Waals surface area contributed by atoms with E-state index in [0.29, 0.717) is 6.54 Å². The molecule has 0 saturated heterocycles. The SMILES string of the molecule is Cc1ccc(-c2[nH]ncc2CNCC2(C(O)c3ccccc3)CC2)o1. The summed E-state index contributed by atoms with van der Waals surface area (Å²) in [7, 11) is 0. The fourth-order valence-electron chi connectivity index (χ4n) is 3.37. The monoisotopic (exact) mass is 337 g/mol. The predicted octanol–water partition coefficient (Wildman–Crippen LogP) is 3.58. The molecule has 3 aromatic rings. The number of aromatic amines is 1. The first-order valence-electron chi connectivity index (χ1n) is 8.71. The minimum absolute atomic E-state index is 0.0491. The molecule has 1 fully saturated rings. The fraction of sp³-hybridized carbons (Fsp3) is 0.350. The van der Waals surface area contributed by atoms with Crippen LogP contribution < -0.4 is 5.32 Å². The molecule has 0 aliphatic heterocycles. The van der Waals surface area contributed by atoms with E-state index in [4.69, 9.17) is 4.42 Å². The van der Waals surface area contributed by atoms with Gasteiger partial charge in [0.25, 0.3) is 0 Å². The minimum atomic E-state index is -0.419. The highest BCUT2D eigenvalue weighted by atomic mass is 16.3. The van der Waals surface area contributed by atoms with E-state index in [2.05, 4.69) is 15.5 Å². The molecule has 0 radical (unpaired) electrons. The predicted molar refractivity (Wildman–Crippen MR) is 95.8 cm³/mol. The number of aliphatic hydroxyl groups excluding tert-OH is 1. The molecule has 0 amide bonds. The van der Waals surface area contributed by atoms with Crippen LogP contribution in [0.25, 0.3) is 11.5 Å². The Labute approximate surface area is 147 Å². The largest absolute Gasteiger partial charge is 0.460 e. The molecule has 2 aromatic heterocycles. The summed E-state index contributed by atoms with van der Waals surface area (Å²) < 4.78 is 5.69. The zero-order chi connectivity index (χ0) is 17.3. The Kier molecular flexibility index (Phi) is 4.19. The summed E-state index contributed by atoms with van der Waals surface area (Å²) in [5, 5.41) is 21.4. The lowest BCUT2D eigenvalue weighted by molar-refractivity contribution is 0.0917. The molecule has 1 saturated carbocycles. The van der Waals surface area contributed by atoms with Crippen molar-refractivity contribution in [2.75, 3.05) is 6.54 Å². The van der Waals surface area contributed by atoms with Gasteiger partial charge in [-0.25, -0.2) is 0 Å². The number of hydrogen-bond acceptors (Lipinski definition) is 4. The number of hydrogen-bond donors (Lipinski definition) is 3. The van der Waals surface area contributed by atoms with E-state index >= 15 is 0 Å². The van der Waals surface area contributed by atoms with Crippen LogP contribution in [0.2, 0.25) is 0 Å². The second-order valence-electron chi connectivity index (χ2n) is 6.96. The van der Waals surface area contributed by atoms with Gasteiger partial charge in [-0.1, -0.05) is 30.3 Å². The number of rotatable bonds is 7. The number of benzene rings is 1. The highest BCUT2D eigenvalue weighted by Crippen LogP contribution is 2.54. The van der Waals surface area contributed by atoms with Crippen LogP contribution >= 0.6 is 0 Å². The third-order valence-corrected chi connectivity index (χ3v) is 5.08. The molecule has 1 atom stereocenters. The zero-order valence-electron chi connectivity index (χ0n) is 14.3. The molecule has 3 N–H and O–H groups in total. The maximum absolute atomic E-state index is 10.7. The van der Waals surface area contributed by atoms with Gasteiger partial charge in [0.1, 0.15) is 11.5 Å². The molecule has 5 nitrogen and oxygen atoms in total. The Bertz CT molecular complexity index is 834. The molecule has 5 heteroatoms. The molecule has 1 aliphatic rings. The minimum Gasteiger partial charge on any atom is -0.460 e. The molecule has 0 bridgehead atoms. The molecule has 1 unspecified atom stereocenters. The highest BCUT2D eigenvalue weighted by Gasteiger charge is 2.48. The number of aryl methyl sites for hydroxylation is 1. The Balaban J connectivity index is 1.39. The standard InChI is InChI=1S/C20H23N3O2/c1-14-7-8-17(25-14)18-16(12-22-23-18)11-21-13-20(9-10-20)19(24)15-5-3-2-4-6-15/h2-8,12,19,21,24H,9-11,13H2,1H3,(H,22,23). The number of aliphatic hydroxyl groups is 1. The summed E-state index contributed by atoms with van der Waals surface area (Å²) in [6, 6.07) is 13.8. The van der Waals surface area contributed by atoms with Gasteiger partial charge in [-0.15, -0.1) is 0 Å². The Morgan fingerprint density at radius 1 is 1.24 bits per heavy atom. The zero-order valence-corrected chi connectivity index (χ0v) is 14.3. The van der Waals surface area contributed by atoms with Gasteiger partial charge in [0.2, 0.25) is 0 Å². The first-order valence-corrected chi connectivity index (χ1v) is 8.71. The van der Waals surface area contributed by atoms with E-state index in [1.165, 1.54) is 0 Å². The van der Waals surface area contributed by atoms with Crippen LogP contribution in [0.5, 0.6) is 0 Å². The fourth-order valence-corrected chi connectivity index (χ4v) is 3.37. The lowest BCUT2D eigenvalue weighted by atomic mass is 9.92. The summed E-state index contributed by atoms with van der Waals surface area (Å²) in [5.41, 5.74) is 2.93. The summed E-state index contributed by atoms with van der Waals surface area (Å²) in [5.74, 6) is 1.68. The van der Waals surface area contributed by atoms with Crippen LogP contribution in [0.3, 0.4) is 0 Å². The number of aromatic nitrogens is 2. The topological polar surface area (TPSA) is 74.1 Å². The van der Waals surface area contributed by atoms with Crippen molar-refractivity contribution in [1.82, 2.24) is 15.5 Å². The molecule has 1 aliphatic carbocycles. The van der Waals surface area contributed by atoms with E-state index in [1.807, 2.05) is 55.6 Å². The Hall–Kier alpha value is -2.37. The average Bonchev–Trinajstić information content (AvgIpc) is 3.06. The van der Waals surface area contributed by atoms with Gasteiger partial charge in [0.15, 0.2) is 5.76 Å². The lowest BCUT2D eigenvalue weighted by Crippen LogP contribution is -2.28. The smallest absolute Gasteiger partial charge is 0.152 e. The molecule has 1 aromatic carbocycles. The molecule has 4 rings (SSSR count). The molecule has 0 spiro atoms. The van der Waals surface area contributed by atoms with Crippen LogP contribution in [0, 0.1) is 12.3 Å². The summed E-state index contributed by atoms with van der Waals surface area (Å²) in [6.07, 6.45) is 3.50. The van der Waals surface area contributed by atoms with Crippen molar-refractivity contribution in [2.45, 2.75) is 32.4 Å². The number of nitrogens with one attached hydrogen (secondary N) is 2. The number of H-pyrrole nitrogens is 1. The Morgan fingerprint density at radius 3 is 2.72 bits per heavy atom. The summed E-state index contributed by atoms with van der Waals surface area (Å²) in [6.45, 7) is 3.40. The number of nitrogens with zero attached hydrogens (tertiary/aromatic N) is 1. The highest BCUT2D eigenvalue weighted by molar-refractivity contribution is 5.56. The van der Waals surface area contributed by atoms with E-state index < -0.39 is 6.10 Å². The second kappa shape index (κ2) is 6.50. The molecule has 2 heterocycles. The first kappa shape index (κ1) is 16.1. The van der Waals surface area contributed by atoms with E-state index in [1.54, 1.807) is 0 Å². The lowest BCUT2D eigenvalue weighted by Gasteiger charge is -2.23. The van der Waals surface area contributed by atoms with Gasteiger partial charge in [-0.2, -0.15) is 5.10 Å². The van der Waals surface area contributed by atoms with Crippen molar-refractivity contribution >= 4 is 0 Å². The third kappa shape index (κ3) is 3.25. The Morgan fingerprint density at radius 2 is 2.04 bits per heavy atom. The molecular weight excluding hydrogens is 314 g/mol. The van der Waals surface area contributed by atoms with Crippen LogP contribution in [0.15, 0.2) is 53.1 Å². The van der Waals surface area contributed by atoms with Crippen molar-refractivity contribution in [3.63, 3.8) is 0 Å². The average molecular weight is 337 g/mol. The van der Waals surface area contributed by atoms with E-state index in [9.17, 15) is 5.11 Å². The van der Waals surface area contributed by atoms with Gasteiger partial charge < -0.3 is 14.8 Å². The van der Waals surface area contributed by atoms with Gasteiger partial charge in [-0.05, 0) is 37.5 Å². The third-order valence-electron chi connectivity index (χ3n) is 5.08. The van der Waals surface area contributed by atoms with Crippen molar-refractivity contribution in [2.24, 2.45) is 5.41 Å². The normalized spacial score (nSPS) is 16.7. The van der Waals surface area contributed by atoms with Gasteiger partial charge >= 0.3 is 0 Å². The maximum Gasteiger partial charge on any atom is 0.152 e. The van der Waals surface area contributed by atoms with Crippen molar-refractivity contribution in [1.29, 1.82) is 0 Å². The van der Waals surface area contributed by atoms with Crippen LogP contribution in [0.4, 0.5) is 0 Å². The molecule has 25 heavy (non-hydrogen) atoms. The van der Waals surface area contributed by atoms with E-state index in [-0.39, 0.29) is 5.41 Å². The van der Waals surface area contributed by atoms with Gasteiger partial charge in [-0.3, -0.25) is 5.10 Å². The van der Waals surface area contributed by atoms with Crippen LogP contribution in [0.1, 0.15) is 35.8 Å². The quantitative estimate of drug-likeness (QED) is 0.616. The summed E-state index contributed by atoms with van der Waals surface area (Å²) in [4.78, 5) is 0. The van der Waals surface area contributed by atoms with Crippen LogP contribution in [-0.2, 0) is 6.54 Å². The van der Waals surface area contributed by atoms with Gasteiger partial charge in [0, 0.05) is 24.1 Å². The van der Waals surface area contributed by atoms with Gasteiger partial charge in [0.05, 0.1) is 12.3 Å². The van der Waals surface area contributed by atoms with Crippen molar-refractivity contribution in [3.05, 3.63) is 65.5 Å². The molecule has 130 valence electrons. The second-order valence-corrected chi connectivity index (χ2v) is 6.96. The first-order chi connectivity index (χ1) is 12.2. The van der Waals surface area contributed by atoms with Crippen molar-refractivity contribution in [3.8, 4) is 11.5 Å². The molecular formula is C20H23N3O2.